The number of hydrogen-bond acceptors (Lipinski definition) is 4. The van der Waals surface area contributed by atoms with Gasteiger partial charge in [-0.25, -0.2) is 4.79 Å². The van der Waals surface area contributed by atoms with Gasteiger partial charge < -0.3 is 14.5 Å². The standard InChI is InChI=1S/C15H15NO4/c1-10-5-3-6-12(9-10)16-14(17)11(2)20-15(18)13-7-4-8-19-13/h3-9,11H,1-2H3,(H,16,17)/t11-/m1/s1. The minimum atomic E-state index is -0.909. The Balaban J connectivity index is 1.94. The van der Waals surface area contributed by atoms with E-state index in [-0.39, 0.29) is 5.76 Å². The van der Waals surface area contributed by atoms with Gasteiger partial charge in [-0.3, -0.25) is 4.79 Å². The van der Waals surface area contributed by atoms with E-state index in [1.54, 1.807) is 12.1 Å². The molecule has 5 nitrogen and oxygen atoms in total. The van der Waals surface area contributed by atoms with Crippen molar-refractivity contribution >= 4 is 17.6 Å². The van der Waals surface area contributed by atoms with Gasteiger partial charge in [0.25, 0.3) is 5.91 Å². The third kappa shape index (κ3) is 3.47. The molecule has 0 spiro atoms. The van der Waals surface area contributed by atoms with Crippen molar-refractivity contribution < 1.29 is 18.7 Å². The van der Waals surface area contributed by atoms with Gasteiger partial charge in [0.05, 0.1) is 6.26 Å². The van der Waals surface area contributed by atoms with Gasteiger partial charge in [0.15, 0.2) is 6.10 Å². The Hall–Kier alpha value is -2.56. The number of esters is 1. The van der Waals surface area contributed by atoms with Gasteiger partial charge in [-0.15, -0.1) is 0 Å². The first kappa shape index (κ1) is 13.9. The summed E-state index contributed by atoms with van der Waals surface area (Å²) in [4.78, 5) is 23.5. The molecule has 0 radical (unpaired) electrons. The van der Waals surface area contributed by atoms with Gasteiger partial charge >= 0.3 is 5.97 Å². The molecule has 0 aliphatic rings. The van der Waals surface area contributed by atoms with E-state index in [1.165, 1.54) is 19.3 Å². The van der Waals surface area contributed by atoms with E-state index < -0.39 is 18.0 Å². The number of rotatable bonds is 4. The number of aryl methyl sites for hydroxylation is 1. The van der Waals surface area contributed by atoms with Crippen LogP contribution in [-0.2, 0) is 9.53 Å². The number of nitrogens with one attached hydrogen (secondary N) is 1. The highest BCUT2D eigenvalue weighted by atomic mass is 16.6. The molecule has 5 heteroatoms. The number of carbonyl (C=O) groups excluding carboxylic acids is 2. The first-order valence-corrected chi connectivity index (χ1v) is 6.18. The second kappa shape index (κ2) is 6.06. The van der Waals surface area contributed by atoms with Crippen molar-refractivity contribution in [2.24, 2.45) is 0 Å². The number of benzene rings is 1. The van der Waals surface area contributed by atoms with Gasteiger partial charge in [-0.05, 0) is 43.7 Å². The number of carbonyl (C=O) groups is 2. The van der Waals surface area contributed by atoms with Crippen molar-refractivity contribution in [3.8, 4) is 0 Å². The molecule has 1 heterocycles. The molecule has 0 fully saturated rings. The summed E-state index contributed by atoms with van der Waals surface area (Å²) in [6, 6.07) is 10.4. The zero-order valence-electron chi connectivity index (χ0n) is 11.3. The van der Waals surface area contributed by atoms with Crippen molar-refractivity contribution in [1.82, 2.24) is 0 Å². The van der Waals surface area contributed by atoms with Crippen LogP contribution in [0.15, 0.2) is 47.1 Å². The lowest BCUT2D eigenvalue weighted by molar-refractivity contribution is -0.123. The Morgan fingerprint density at radius 3 is 2.70 bits per heavy atom. The maximum absolute atomic E-state index is 11.9. The van der Waals surface area contributed by atoms with Crippen LogP contribution in [0.3, 0.4) is 0 Å². The van der Waals surface area contributed by atoms with Crippen LogP contribution in [0, 0.1) is 6.92 Å². The highest BCUT2D eigenvalue weighted by molar-refractivity contribution is 5.96. The van der Waals surface area contributed by atoms with Crippen LogP contribution in [0.1, 0.15) is 23.0 Å². The smallest absolute Gasteiger partial charge is 0.374 e. The predicted molar refractivity (Wildman–Crippen MR) is 73.4 cm³/mol. The molecule has 1 atom stereocenters. The first-order valence-electron chi connectivity index (χ1n) is 6.18. The summed E-state index contributed by atoms with van der Waals surface area (Å²) < 4.78 is 9.92. The van der Waals surface area contributed by atoms with Crippen molar-refractivity contribution in [2.75, 3.05) is 5.32 Å². The minimum absolute atomic E-state index is 0.0696. The van der Waals surface area contributed by atoms with Crippen molar-refractivity contribution in [3.05, 3.63) is 54.0 Å². The summed E-state index contributed by atoms with van der Waals surface area (Å²) in [5.74, 6) is -0.988. The molecule has 0 aliphatic heterocycles. The summed E-state index contributed by atoms with van der Waals surface area (Å²) in [7, 11) is 0. The normalized spacial score (nSPS) is 11.7. The van der Waals surface area contributed by atoms with E-state index in [9.17, 15) is 9.59 Å². The lowest BCUT2D eigenvalue weighted by Gasteiger charge is -2.12. The number of ether oxygens (including phenoxy) is 1. The molecule has 2 rings (SSSR count). The van der Waals surface area contributed by atoms with Gasteiger partial charge in [-0.1, -0.05) is 12.1 Å². The van der Waals surface area contributed by atoms with Crippen molar-refractivity contribution in [3.63, 3.8) is 0 Å². The van der Waals surface area contributed by atoms with Gasteiger partial charge in [-0.2, -0.15) is 0 Å². The molecule has 20 heavy (non-hydrogen) atoms. The highest BCUT2D eigenvalue weighted by Gasteiger charge is 2.20. The van der Waals surface area contributed by atoms with Crippen LogP contribution in [0.25, 0.3) is 0 Å². The van der Waals surface area contributed by atoms with E-state index in [0.29, 0.717) is 5.69 Å². The molecular formula is C15H15NO4. The zero-order chi connectivity index (χ0) is 14.5. The fourth-order valence-electron chi connectivity index (χ4n) is 1.63. The molecule has 0 bridgehead atoms. The van der Waals surface area contributed by atoms with Crippen molar-refractivity contribution in [2.45, 2.75) is 20.0 Å². The number of anilines is 1. The molecule has 0 unspecified atom stereocenters. The Bertz CT molecular complexity index is 604. The summed E-state index contributed by atoms with van der Waals surface area (Å²) in [6.07, 6.45) is 0.460. The van der Waals surface area contributed by atoms with Crippen LogP contribution >= 0.6 is 0 Å². The molecule has 104 valence electrons. The van der Waals surface area contributed by atoms with Crippen LogP contribution in [0.5, 0.6) is 0 Å². The molecule has 0 saturated carbocycles. The molecule has 1 N–H and O–H groups in total. The van der Waals surface area contributed by atoms with Crippen molar-refractivity contribution in [1.29, 1.82) is 0 Å². The van der Waals surface area contributed by atoms with Crippen LogP contribution in [0.4, 0.5) is 5.69 Å². The van der Waals surface area contributed by atoms with Gasteiger partial charge in [0.1, 0.15) is 0 Å². The Morgan fingerprint density at radius 2 is 2.05 bits per heavy atom. The monoisotopic (exact) mass is 273 g/mol. The maximum Gasteiger partial charge on any atom is 0.374 e. The maximum atomic E-state index is 11.9. The summed E-state index contributed by atoms with van der Waals surface area (Å²) in [6.45, 7) is 3.43. The largest absolute Gasteiger partial charge is 0.457 e. The van der Waals surface area contributed by atoms with E-state index in [1.807, 2.05) is 25.1 Å². The Kier molecular flexibility index (Phi) is 4.20. The Morgan fingerprint density at radius 1 is 1.25 bits per heavy atom. The molecule has 2 aromatic rings. The second-order valence-corrected chi connectivity index (χ2v) is 4.38. The Labute approximate surface area is 116 Å². The lowest BCUT2D eigenvalue weighted by Crippen LogP contribution is -2.29. The second-order valence-electron chi connectivity index (χ2n) is 4.38. The van der Waals surface area contributed by atoms with Crippen LogP contribution in [-0.4, -0.2) is 18.0 Å². The number of furan rings is 1. The molecule has 1 aromatic carbocycles. The molecule has 0 aliphatic carbocycles. The van der Waals surface area contributed by atoms with Crippen LogP contribution in [0.2, 0.25) is 0 Å². The molecular weight excluding hydrogens is 258 g/mol. The zero-order valence-corrected chi connectivity index (χ0v) is 11.3. The van der Waals surface area contributed by atoms with E-state index in [4.69, 9.17) is 9.15 Å². The third-order valence-electron chi connectivity index (χ3n) is 2.66. The summed E-state index contributed by atoms with van der Waals surface area (Å²) in [5, 5.41) is 2.69. The quantitative estimate of drug-likeness (QED) is 0.870. The topological polar surface area (TPSA) is 68.5 Å². The molecule has 0 saturated heterocycles. The average Bonchev–Trinajstić information content (AvgIpc) is 2.92. The van der Waals surface area contributed by atoms with E-state index in [2.05, 4.69) is 5.32 Å². The third-order valence-corrected chi connectivity index (χ3v) is 2.66. The fourth-order valence-corrected chi connectivity index (χ4v) is 1.63. The fraction of sp³-hybridized carbons (Fsp3) is 0.200. The number of hydrogen-bond donors (Lipinski definition) is 1. The first-order chi connectivity index (χ1) is 9.56. The summed E-state index contributed by atoms with van der Waals surface area (Å²) in [5.41, 5.74) is 1.69. The predicted octanol–water partition coefficient (Wildman–Crippen LogP) is 2.77. The van der Waals surface area contributed by atoms with Gasteiger partial charge in [0.2, 0.25) is 5.76 Å². The summed E-state index contributed by atoms with van der Waals surface area (Å²) >= 11 is 0. The number of amides is 1. The van der Waals surface area contributed by atoms with E-state index in [0.717, 1.165) is 5.56 Å². The van der Waals surface area contributed by atoms with Gasteiger partial charge in [0, 0.05) is 5.69 Å². The average molecular weight is 273 g/mol. The van der Waals surface area contributed by atoms with E-state index >= 15 is 0 Å². The van der Waals surface area contributed by atoms with Crippen LogP contribution < -0.4 is 5.32 Å². The molecule has 1 aromatic heterocycles. The SMILES string of the molecule is Cc1cccc(NC(=O)[C@@H](C)OC(=O)c2ccco2)c1. The highest BCUT2D eigenvalue weighted by Crippen LogP contribution is 2.11. The molecule has 1 amide bonds. The lowest BCUT2D eigenvalue weighted by atomic mass is 10.2. The minimum Gasteiger partial charge on any atom is -0.457 e.